The minimum absolute atomic E-state index is 0. The molecule has 0 amide bonds. The average molecular weight is 397 g/mol. The Labute approximate surface area is 141 Å². The second-order valence-electron chi connectivity index (χ2n) is 5.55. The number of guanidine groups is 1. The van der Waals surface area contributed by atoms with Crippen LogP contribution in [0.4, 0.5) is 0 Å². The number of nitrogens with zero attached hydrogens (tertiary/aromatic N) is 3. The summed E-state index contributed by atoms with van der Waals surface area (Å²) in [7, 11) is 0. The molecule has 0 radical (unpaired) electrons. The lowest BCUT2D eigenvalue weighted by Crippen LogP contribution is -2.46. The fourth-order valence-corrected chi connectivity index (χ4v) is 2.32. The second kappa shape index (κ2) is 11.6. The Morgan fingerprint density at radius 3 is 2.30 bits per heavy atom. The monoisotopic (exact) mass is 397 g/mol. The molecule has 1 aliphatic heterocycles. The predicted molar refractivity (Wildman–Crippen MR) is 98.0 cm³/mol. The summed E-state index contributed by atoms with van der Waals surface area (Å²) in [5, 5.41) is 3.11. The van der Waals surface area contributed by atoms with Crippen LogP contribution in [0.2, 0.25) is 0 Å². The molecular formula is C14H32IN5. The highest BCUT2D eigenvalue weighted by Gasteiger charge is 2.14. The van der Waals surface area contributed by atoms with Gasteiger partial charge >= 0.3 is 0 Å². The first-order chi connectivity index (χ1) is 9.11. The van der Waals surface area contributed by atoms with Crippen LogP contribution in [0.3, 0.4) is 0 Å². The van der Waals surface area contributed by atoms with E-state index in [1.165, 1.54) is 45.7 Å². The number of halogens is 1. The average Bonchev–Trinajstić information content (AvgIpc) is 2.38. The Bertz CT molecular complexity index is 262. The molecule has 0 aromatic rings. The summed E-state index contributed by atoms with van der Waals surface area (Å²) in [5.41, 5.74) is 5.75. The van der Waals surface area contributed by atoms with Crippen LogP contribution in [-0.4, -0.2) is 67.6 Å². The molecule has 20 heavy (non-hydrogen) atoms. The zero-order chi connectivity index (χ0) is 14.1. The van der Waals surface area contributed by atoms with Gasteiger partial charge in [-0.1, -0.05) is 6.92 Å². The summed E-state index contributed by atoms with van der Waals surface area (Å²) in [5.74, 6) is 0.576. The largest absolute Gasteiger partial charge is 0.370 e. The molecule has 6 heteroatoms. The molecule has 1 aliphatic rings. The number of rotatable bonds is 7. The first kappa shape index (κ1) is 19.9. The normalized spacial score (nSPS) is 18.1. The van der Waals surface area contributed by atoms with E-state index in [1.54, 1.807) is 0 Å². The third-order valence-corrected chi connectivity index (χ3v) is 3.51. The molecule has 5 nitrogen and oxygen atoms in total. The number of hydrogen-bond donors (Lipinski definition) is 2. The highest BCUT2D eigenvalue weighted by atomic mass is 127. The molecule has 1 rings (SSSR count). The van der Waals surface area contributed by atoms with Crippen LogP contribution in [0.5, 0.6) is 0 Å². The van der Waals surface area contributed by atoms with Gasteiger partial charge in [-0.05, 0) is 39.8 Å². The summed E-state index contributed by atoms with van der Waals surface area (Å²) >= 11 is 0. The van der Waals surface area contributed by atoms with Gasteiger partial charge in [-0.2, -0.15) is 0 Å². The fourth-order valence-electron chi connectivity index (χ4n) is 2.32. The summed E-state index contributed by atoms with van der Waals surface area (Å²) in [6.45, 7) is 14.5. The van der Waals surface area contributed by atoms with Gasteiger partial charge in [0.2, 0.25) is 0 Å². The number of likely N-dealkylation sites (N-methyl/N-ethyl adjacent to an activating group) is 1. The van der Waals surface area contributed by atoms with Crippen molar-refractivity contribution in [1.82, 2.24) is 15.1 Å². The molecule has 0 aromatic heterocycles. The Morgan fingerprint density at radius 2 is 1.75 bits per heavy atom. The van der Waals surface area contributed by atoms with E-state index < -0.39 is 0 Å². The van der Waals surface area contributed by atoms with Gasteiger partial charge in [-0.25, -0.2) is 0 Å². The Balaban J connectivity index is 0.00000361. The van der Waals surface area contributed by atoms with E-state index in [1.807, 2.05) is 0 Å². The highest BCUT2D eigenvalue weighted by Crippen LogP contribution is 2.03. The van der Waals surface area contributed by atoms with Gasteiger partial charge < -0.3 is 20.9 Å². The van der Waals surface area contributed by atoms with Gasteiger partial charge in [0.1, 0.15) is 0 Å². The SMILES string of the molecule is CCN1CCN(CCCCN=C(N)NC(C)C)CC1.I. The molecular weight excluding hydrogens is 365 g/mol. The Morgan fingerprint density at radius 1 is 1.15 bits per heavy atom. The van der Waals surface area contributed by atoms with E-state index in [4.69, 9.17) is 5.73 Å². The van der Waals surface area contributed by atoms with Gasteiger partial charge in [-0.15, -0.1) is 24.0 Å². The van der Waals surface area contributed by atoms with Crippen LogP contribution in [0.1, 0.15) is 33.6 Å². The van der Waals surface area contributed by atoms with Crippen LogP contribution >= 0.6 is 24.0 Å². The zero-order valence-electron chi connectivity index (χ0n) is 13.3. The molecule has 0 spiro atoms. The lowest BCUT2D eigenvalue weighted by atomic mass is 10.2. The summed E-state index contributed by atoms with van der Waals surface area (Å²) in [6, 6.07) is 0.360. The van der Waals surface area contributed by atoms with Crippen LogP contribution in [-0.2, 0) is 0 Å². The maximum Gasteiger partial charge on any atom is 0.188 e. The molecule has 0 unspecified atom stereocenters. The topological polar surface area (TPSA) is 56.9 Å². The maximum atomic E-state index is 5.75. The van der Waals surface area contributed by atoms with Crippen molar-refractivity contribution >= 4 is 29.9 Å². The number of piperazine rings is 1. The van der Waals surface area contributed by atoms with Gasteiger partial charge in [0.25, 0.3) is 0 Å². The number of nitrogens with one attached hydrogen (secondary N) is 1. The Hall–Kier alpha value is -0.0800. The third kappa shape index (κ3) is 8.97. The lowest BCUT2D eigenvalue weighted by Gasteiger charge is -2.33. The minimum atomic E-state index is 0. The van der Waals surface area contributed by atoms with Crippen molar-refractivity contribution in [3.8, 4) is 0 Å². The molecule has 0 bridgehead atoms. The molecule has 0 atom stereocenters. The van der Waals surface area contributed by atoms with Crippen LogP contribution < -0.4 is 11.1 Å². The van der Waals surface area contributed by atoms with Crippen molar-refractivity contribution in [1.29, 1.82) is 0 Å². The van der Waals surface area contributed by atoms with Gasteiger partial charge in [-0.3, -0.25) is 4.99 Å². The molecule has 3 N–H and O–H groups in total. The van der Waals surface area contributed by atoms with Crippen molar-refractivity contribution in [2.45, 2.75) is 39.7 Å². The van der Waals surface area contributed by atoms with Crippen molar-refractivity contribution in [3.05, 3.63) is 0 Å². The van der Waals surface area contributed by atoms with E-state index in [9.17, 15) is 0 Å². The number of nitrogens with two attached hydrogens (primary N) is 1. The predicted octanol–water partition coefficient (Wildman–Crippen LogP) is 1.33. The zero-order valence-corrected chi connectivity index (χ0v) is 15.6. The maximum absolute atomic E-state index is 5.75. The fraction of sp³-hybridized carbons (Fsp3) is 0.929. The van der Waals surface area contributed by atoms with Gasteiger partial charge in [0.15, 0.2) is 5.96 Å². The quantitative estimate of drug-likeness (QED) is 0.295. The number of unbranched alkanes of at least 4 members (excludes halogenated alkanes) is 1. The van der Waals surface area contributed by atoms with E-state index >= 15 is 0 Å². The van der Waals surface area contributed by atoms with Crippen molar-refractivity contribution in [2.24, 2.45) is 10.7 Å². The summed E-state index contributed by atoms with van der Waals surface area (Å²) in [4.78, 5) is 9.40. The highest BCUT2D eigenvalue weighted by molar-refractivity contribution is 14.0. The summed E-state index contributed by atoms with van der Waals surface area (Å²) in [6.07, 6.45) is 2.33. The van der Waals surface area contributed by atoms with E-state index in [-0.39, 0.29) is 24.0 Å². The third-order valence-electron chi connectivity index (χ3n) is 3.51. The number of aliphatic imine (C=N–C) groups is 1. The molecule has 1 fully saturated rings. The number of hydrogen-bond acceptors (Lipinski definition) is 3. The van der Waals surface area contributed by atoms with Gasteiger partial charge in [0.05, 0.1) is 0 Å². The van der Waals surface area contributed by atoms with Crippen molar-refractivity contribution in [3.63, 3.8) is 0 Å². The van der Waals surface area contributed by atoms with Crippen molar-refractivity contribution < 1.29 is 0 Å². The van der Waals surface area contributed by atoms with E-state index in [0.29, 0.717) is 12.0 Å². The van der Waals surface area contributed by atoms with E-state index in [2.05, 4.69) is 40.9 Å². The first-order valence-electron chi connectivity index (χ1n) is 7.63. The van der Waals surface area contributed by atoms with Gasteiger partial charge in [0, 0.05) is 38.8 Å². The second-order valence-corrected chi connectivity index (χ2v) is 5.55. The minimum Gasteiger partial charge on any atom is -0.370 e. The standard InChI is InChI=1S/C14H31N5.HI/c1-4-18-9-11-19(12-10-18)8-6-5-7-16-14(15)17-13(2)3;/h13H,4-12H2,1-3H3,(H3,15,16,17);1H. The first-order valence-corrected chi connectivity index (χ1v) is 7.63. The molecule has 0 saturated carbocycles. The van der Waals surface area contributed by atoms with Crippen LogP contribution in [0, 0.1) is 0 Å². The van der Waals surface area contributed by atoms with Crippen LogP contribution in [0.15, 0.2) is 4.99 Å². The lowest BCUT2D eigenvalue weighted by molar-refractivity contribution is 0.136. The van der Waals surface area contributed by atoms with Crippen molar-refractivity contribution in [2.75, 3.05) is 45.8 Å². The molecule has 0 aromatic carbocycles. The molecule has 1 saturated heterocycles. The molecule has 1 heterocycles. The summed E-state index contributed by atoms with van der Waals surface area (Å²) < 4.78 is 0. The molecule has 0 aliphatic carbocycles. The Kier molecular flexibility index (Phi) is 11.5. The molecule has 120 valence electrons. The van der Waals surface area contributed by atoms with E-state index in [0.717, 1.165) is 13.0 Å². The smallest absolute Gasteiger partial charge is 0.188 e. The van der Waals surface area contributed by atoms with Crippen LogP contribution in [0.25, 0.3) is 0 Å².